The van der Waals surface area contributed by atoms with Crippen molar-refractivity contribution in [1.82, 2.24) is 0 Å². The molecule has 2 aliphatic heterocycles. The van der Waals surface area contributed by atoms with Crippen LogP contribution in [0.3, 0.4) is 0 Å². The number of benzene rings is 1. The quantitative estimate of drug-likeness (QED) is 0.864. The van der Waals surface area contributed by atoms with Gasteiger partial charge >= 0.3 is 0 Å². The Morgan fingerprint density at radius 1 is 1.15 bits per heavy atom. The Balaban J connectivity index is 1.89. The third-order valence-electron chi connectivity index (χ3n) is 3.78. The van der Waals surface area contributed by atoms with Gasteiger partial charge in [-0.05, 0) is 19.4 Å². The predicted octanol–water partition coefficient (Wildman–Crippen LogP) is 1.000. The highest BCUT2D eigenvalue weighted by Crippen LogP contribution is 2.45. The molecule has 1 aromatic rings. The molecule has 0 radical (unpaired) electrons. The number of aliphatic hydroxyl groups excluding tert-OH is 2. The van der Waals surface area contributed by atoms with Crippen molar-refractivity contribution in [3.8, 4) is 0 Å². The van der Waals surface area contributed by atoms with Crippen LogP contribution >= 0.6 is 0 Å². The first kappa shape index (κ1) is 14.0. The molecule has 0 aromatic heterocycles. The smallest absolute Gasteiger partial charge is 0.164 e. The molecule has 1 aromatic carbocycles. The first-order valence-electron chi connectivity index (χ1n) is 6.87. The summed E-state index contributed by atoms with van der Waals surface area (Å²) in [6.07, 6.45) is -2.52. The van der Waals surface area contributed by atoms with Gasteiger partial charge in [-0.25, -0.2) is 0 Å². The van der Waals surface area contributed by atoms with Gasteiger partial charge in [0.1, 0.15) is 30.5 Å². The Labute approximate surface area is 118 Å². The van der Waals surface area contributed by atoms with Crippen LogP contribution in [0.4, 0.5) is 0 Å². The van der Waals surface area contributed by atoms with Crippen molar-refractivity contribution in [3.63, 3.8) is 0 Å². The van der Waals surface area contributed by atoms with E-state index in [1.54, 1.807) is 0 Å². The zero-order chi connectivity index (χ0) is 14.3. The molecule has 0 spiro atoms. The highest BCUT2D eigenvalue weighted by molar-refractivity contribution is 5.22. The molecular weight excluding hydrogens is 260 g/mol. The lowest BCUT2D eigenvalue weighted by atomic mass is 10.00. The molecule has 5 atom stereocenters. The fourth-order valence-corrected chi connectivity index (χ4v) is 2.95. The lowest BCUT2D eigenvalue weighted by molar-refractivity contribution is -0.200. The molecule has 110 valence electrons. The van der Waals surface area contributed by atoms with Gasteiger partial charge in [0.25, 0.3) is 0 Å². The molecule has 2 fully saturated rings. The Kier molecular flexibility index (Phi) is 3.56. The van der Waals surface area contributed by atoms with E-state index >= 15 is 0 Å². The lowest BCUT2D eigenvalue weighted by Gasteiger charge is -2.26. The Morgan fingerprint density at radius 3 is 2.45 bits per heavy atom. The maximum Gasteiger partial charge on any atom is 0.164 e. The highest BCUT2D eigenvalue weighted by Gasteiger charge is 2.57. The second-order valence-corrected chi connectivity index (χ2v) is 5.75. The first-order chi connectivity index (χ1) is 9.52. The first-order valence-corrected chi connectivity index (χ1v) is 6.87. The number of hydrogen-bond acceptors (Lipinski definition) is 5. The summed E-state index contributed by atoms with van der Waals surface area (Å²) in [4.78, 5) is 0. The van der Waals surface area contributed by atoms with E-state index < -0.39 is 18.0 Å². The summed E-state index contributed by atoms with van der Waals surface area (Å²) < 4.78 is 17.7. The number of rotatable bonds is 3. The summed E-state index contributed by atoms with van der Waals surface area (Å²) in [5.74, 6) is -0.709. The largest absolute Gasteiger partial charge is 0.394 e. The molecule has 2 aliphatic rings. The molecule has 20 heavy (non-hydrogen) atoms. The molecule has 2 saturated heterocycles. The van der Waals surface area contributed by atoms with Gasteiger partial charge in [-0.15, -0.1) is 0 Å². The zero-order valence-electron chi connectivity index (χ0n) is 11.6. The predicted molar refractivity (Wildman–Crippen MR) is 71.0 cm³/mol. The van der Waals surface area contributed by atoms with Crippen LogP contribution in [0.2, 0.25) is 0 Å². The van der Waals surface area contributed by atoms with Gasteiger partial charge in [-0.1, -0.05) is 30.3 Å². The van der Waals surface area contributed by atoms with Gasteiger partial charge in [0.05, 0.1) is 6.61 Å². The SMILES string of the molecule is CC1(C)O[C@H]2[C@@H]([C@H](O)CO)O[C@@H](c3ccccc3)[C@H]2O1. The zero-order valence-corrected chi connectivity index (χ0v) is 11.6. The minimum absolute atomic E-state index is 0.279. The average molecular weight is 280 g/mol. The van der Waals surface area contributed by atoms with Gasteiger partial charge < -0.3 is 24.4 Å². The van der Waals surface area contributed by atoms with Crippen molar-refractivity contribution < 1.29 is 24.4 Å². The fourth-order valence-electron chi connectivity index (χ4n) is 2.95. The van der Waals surface area contributed by atoms with Gasteiger partial charge in [0.15, 0.2) is 5.79 Å². The maximum absolute atomic E-state index is 9.93. The van der Waals surface area contributed by atoms with Gasteiger partial charge in [0, 0.05) is 0 Å². The standard InChI is InChI=1S/C15H20O5/c1-15(2)19-13-11(9-6-4-3-5-7-9)18-12(10(17)8-16)14(13)20-15/h3-7,10-14,16-17H,8H2,1-2H3/t10-,11+,12-,13-,14+/m1/s1. The van der Waals surface area contributed by atoms with Gasteiger partial charge in [-0.3, -0.25) is 0 Å². The van der Waals surface area contributed by atoms with Crippen molar-refractivity contribution in [2.24, 2.45) is 0 Å². The van der Waals surface area contributed by atoms with Crippen molar-refractivity contribution in [2.75, 3.05) is 6.61 Å². The van der Waals surface area contributed by atoms with Crippen LogP contribution in [0.1, 0.15) is 25.5 Å². The van der Waals surface area contributed by atoms with Gasteiger partial charge in [0.2, 0.25) is 0 Å². The van der Waals surface area contributed by atoms with E-state index in [9.17, 15) is 10.2 Å². The van der Waals surface area contributed by atoms with Crippen LogP contribution in [0.25, 0.3) is 0 Å². The molecule has 2 heterocycles. The second-order valence-electron chi connectivity index (χ2n) is 5.75. The molecule has 0 unspecified atom stereocenters. The molecule has 5 heteroatoms. The minimum Gasteiger partial charge on any atom is -0.394 e. The highest BCUT2D eigenvalue weighted by atomic mass is 16.8. The summed E-state index contributed by atoms with van der Waals surface area (Å²) in [6.45, 7) is 3.32. The third kappa shape index (κ3) is 2.36. The molecule has 0 aliphatic carbocycles. The number of aliphatic hydroxyl groups is 2. The Morgan fingerprint density at radius 2 is 1.80 bits per heavy atom. The Bertz CT molecular complexity index is 461. The van der Waals surface area contributed by atoms with Crippen molar-refractivity contribution >= 4 is 0 Å². The van der Waals surface area contributed by atoms with E-state index in [4.69, 9.17) is 14.2 Å². The van der Waals surface area contributed by atoms with Crippen LogP contribution in [-0.4, -0.2) is 47.0 Å². The van der Waals surface area contributed by atoms with Crippen molar-refractivity contribution in [3.05, 3.63) is 35.9 Å². The summed E-state index contributed by atoms with van der Waals surface area (Å²) in [7, 11) is 0. The molecule has 2 N–H and O–H groups in total. The van der Waals surface area contributed by atoms with Crippen LogP contribution in [0.5, 0.6) is 0 Å². The summed E-state index contributed by atoms with van der Waals surface area (Å²) >= 11 is 0. The summed E-state index contributed by atoms with van der Waals surface area (Å²) in [6, 6.07) is 9.73. The summed E-state index contributed by atoms with van der Waals surface area (Å²) in [5, 5.41) is 19.1. The van der Waals surface area contributed by atoms with E-state index in [1.165, 1.54) is 0 Å². The molecule has 5 nitrogen and oxygen atoms in total. The topological polar surface area (TPSA) is 68.2 Å². The van der Waals surface area contributed by atoms with E-state index in [0.717, 1.165) is 5.56 Å². The normalized spacial score (nSPS) is 36.8. The van der Waals surface area contributed by atoms with Crippen molar-refractivity contribution in [1.29, 1.82) is 0 Å². The van der Waals surface area contributed by atoms with E-state index in [1.807, 2.05) is 44.2 Å². The van der Waals surface area contributed by atoms with E-state index in [-0.39, 0.29) is 24.9 Å². The molecule has 0 bridgehead atoms. The third-order valence-corrected chi connectivity index (χ3v) is 3.78. The molecule has 0 saturated carbocycles. The monoisotopic (exact) mass is 280 g/mol. The fraction of sp³-hybridized carbons (Fsp3) is 0.600. The Hall–Kier alpha value is -0.980. The van der Waals surface area contributed by atoms with Crippen LogP contribution in [0.15, 0.2) is 30.3 Å². The van der Waals surface area contributed by atoms with Crippen LogP contribution < -0.4 is 0 Å². The molecule has 0 amide bonds. The lowest BCUT2D eigenvalue weighted by Crippen LogP contribution is -2.40. The van der Waals surface area contributed by atoms with E-state index in [0.29, 0.717) is 0 Å². The number of hydrogen-bond donors (Lipinski definition) is 2. The van der Waals surface area contributed by atoms with Crippen LogP contribution in [0, 0.1) is 0 Å². The summed E-state index contributed by atoms with van der Waals surface area (Å²) in [5.41, 5.74) is 0.983. The minimum atomic E-state index is -0.978. The van der Waals surface area contributed by atoms with Crippen LogP contribution in [-0.2, 0) is 14.2 Å². The molecule has 3 rings (SSSR count). The number of fused-ring (bicyclic) bond motifs is 1. The molecular formula is C15H20O5. The maximum atomic E-state index is 9.93. The van der Waals surface area contributed by atoms with E-state index in [2.05, 4.69) is 0 Å². The number of ether oxygens (including phenoxy) is 3. The van der Waals surface area contributed by atoms with Gasteiger partial charge in [-0.2, -0.15) is 0 Å². The average Bonchev–Trinajstić information content (AvgIpc) is 2.92. The second kappa shape index (κ2) is 5.09. The van der Waals surface area contributed by atoms with Crippen molar-refractivity contribution in [2.45, 2.75) is 50.2 Å².